The minimum absolute atomic E-state index is 0.264. The Hall–Kier alpha value is -2.41. The van der Waals surface area contributed by atoms with Crippen LogP contribution in [0, 0.1) is 11.5 Å². The van der Waals surface area contributed by atoms with E-state index in [2.05, 4.69) is 46.3 Å². The zero-order valence-corrected chi connectivity index (χ0v) is 23.0. The van der Waals surface area contributed by atoms with Crippen LogP contribution in [0.15, 0.2) is 36.5 Å². The number of nitrogens with zero attached hydrogens (tertiary/aromatic N) is 3. The Kier molecular flexibility index (Phi) is 8.31. The molecule has 0 saturated carbocycles. The Morgan fingerprint density at radius 3 is 2.51 bits per heavy atom. The van der Waals surface area contributed by atoms with E-state index in [1.807, 2.05) is 37.3 Å². The molecular weight excluding hydrogens is 496 g/mol. The molecule has 0 radical (unpaired) electrons. The van der Waals surface area contributed by atoms with Gasteiger partial charge in [0.15, 0.2) is 0 Å². The number of hydrogen-bond donors (Lipinski definition) is 1. The van der Waals surface area contributed by atoms with Gasteiger partial charge in [-0.25, -0.2) is 0 Å². The normalized spacial score (nSPS) is 21.1. The molecule has 2 atom stereocenters. The van der Waals surface area contributed by atoms with Gasteiger partial charge in [0.25, 0.3) is 0 Å². The van der Waals surface area contributed by atoms with Gasteiger partial charge in [0.2, 0.25) is 0 Å². The van der Waals surface area contributed by atoms with E-state index < -0.39 is 26.8 Å². The fourth-order valence-corrected chi connectivity index (χ4v) is 5.57. The summed E-state index contributed by atoms with van der Waals surface area (Å²) in [5, 5.41) is 3.42. The molecule has 9 heteroatoms. The van der Waals surface area contributed by atoms with Crippen molar-refractivity contribution >= 4 is 13.8 Å². The highest BCUT2D eigenvalue weighted by atomic mass is 28.3. The SMILES string of the molecule is C[C@@H]1Cc2cc(C#C[Si](C)(C)C)ccc2[C@@H](c2ccc(NC3CN(CCCF)C3)cn2)N1CC(F)(F)F. The Balaban J connectivity index is 1.58. The molecule has 1 aromatic heterocycles. The van der Waals surface area contributed by atoms with Crippen LogP contribution in [0.2, 0.25) is 19.6 Å². The first-order chi connectivity index (χ1) is 17.4. The summed E-state index contributed by atoms with van der Waals surface area (Å²) in [6.45, 7) is 9.55. The average molecular weight is 533 g/mol. The Bertz CT molecular complexity index is 1130. The maximum atomic E-state index is 13.6. The fraction of sp³-hybridized carbons (Fsp3) is 0.536. The van der Waals surface area contributed by atoms with Gasteiger partial charge in [-0.2, -0.15) is 13.2 Å². The minimum atomic E-state index is -4.31. The summed E-state index contributed by atoms with van der Waals surface area (Å²) in [6.07, 6.45) is -1.53. The zero-order chi connectivity index (χ0) is 26.8. The zero-order valence-electron chi connectivity index (χ0n) is 22.0. The van der Waals surface area contributed by atoms with E-state index in [-0.39, 0.29) is 18.8 Å². The lowest BCUT2D eigenvalue weighted by atomic mass is 9.85. The number of aromatic nitrogens is 1. The number of fused-ring (bicyclic) bond motifs is 1. The predicted octanol–water partition coefficient (Wildman–Crippen LogP) is 5.66. The van der Waals surface area contributed by atoms with Crippen LogP contribution in [0.3, 0.4) is 0 Å². The lowest BCUT2D eigenvalue weighted by Gasteiger charge is -2.42. The van der Waals surface area contributed by atoms with Gasteiger partial charge in [-0.1, -0.05) is 31.6 Å². The fourth-order valence-electron chi connectivity index (χ4n) is 5.05. The summed E-state index contributed by atoms with van der Waals surface area (Å²) in [5.74, 6) is 3.28. The first-order valence-electron chi connectivity index (χ1n) is 12.9. The molecule has 4 rings (SSSR count). The third-order valence-corrected chi connectivity index (χ3v) is 7.67. The molecule has 0 unspecified atom stereocenters. The predicted molar refractivity (Wildman–Crippen MR) is 143 cm³/mol. The topological polar surface area (TPSA) is 31.4 Å². The molecule has 0 bridgehead atoms. The van der Waals surface area contributed by atoms with E-state index in [0.29, 0.717) is 18.5 Å². The number of pyridine rings is 1. The number of benzene rings is 1. The highest BCUT2D eigenvalue weighted by molar-refractivity contribution is 6.83. The van der Waals surface area contributed by atoms with Crippen molar-refractivity contribution in [2.24, 2.45) is 0 Å². The number of alkyl halides is 4. The van der Waals surface area contributed by atoms with Crippen LogP contribution in [0.4, 0.5) is 23.2 Å². The van der Waals surface area contributed by atoms with Gasteiger partial charge >= 0.3 is 6.18 Å². The summed E-state index contributed by atoms with van der Waals surface area (Å²) in [5.41, 5.74) is 7.61. The molecule has 0 aliphatic carbocycles. The van der Waals surface area contributed by atoms with Crippen LogP contribution >= 0.6 is 0 Å². The average Bonchev–Trinajstić information content (AvgIpc) is 2.79. The first kappa shape index (κ1) is 27.6. The summed E-state index contributed by atoms with van der Waals surface area (Å²) < 4.78 is 53.2. The molecule has 1 saturated heterocycles. The molecule has 1 N–H and O–H groups in total. The number of anilines is 1. The van der Waals surface area contributed by atoms with E-state index in [1.165, 1.54) is 4.90 Å². The van der Waals surface area contributed by atoms with E-state index >= 15 is 0 Å². The largest absolute Gasteiger partial charge is 0.401 e. The third-order valence-electron chi connectivity index (χ3n) is 6.80. The molecule has 1 fully saturated rings. The van der Waals surface area contributed by atoms with Gasteiger partial charge in [-0.15, -0.1) is 5.54 Å². The molecule has 200 valence electrons. The van der Waals surface area contributed by atoms with E-state index in [4.69, 9.17) is 0 Å². The van der Waals surface area contributed by atoms with Gasteiger partial charge < -0.3 is 5.32 Å². The van der Waals surface area contributed by atoms with Gasteiger partial charge in [-0.05, 0) is 55.2 Å². The number of rotatable bonds is 7. The van der Waals surface area contributed by atoms with Crippen molar-refractivity contribution in [3.8, 4) is 11.5 Å². The van der Waals surface area contributed by atoms with Gasteiger partial charge in [-0.3, -0.25) is 19.2 Å². The second kappa shape index (κ2) is 11.1. The summed E-state index contributed by atoms with van der Waals surface area (Å²) in [7, 11) is -1.55. The molecule has 2 aliphatic heterocycles. The number of nitrogens with one attached hydrogen (secondary N) is 1. The van der Waals surface area contributed by atoms with Crippen LogP contribution in [0.25, 0.3) is 0 Å². The van der Waals surface area contributed by atoms with Crippen LogP contribution < -0.4 is 5.32 Å². The lowest BCUT2D eigenvalue weighted by Crippen LogP contribution is -2.54. The Morgan fingerprint density at radius 1 is 1.14 bits per heavy atom. The second-order valence-electron chi connectivity index (χ2n) is 11.3. The summed E-state index contributed by atoms with van der Waals surface area (Å²) in [4.78, 5) is 8.33. The van der Waals surface area contributed by atoms with Crippen molar-refractivity contribution < 1.29 is 17.6 Å². The van der Waals surface area contributed by atoms with Crippen molar-refractivity contribution in [3.05, 3.63) is 58.9 Å². The third kappa shape index (κ3) is 7.34. The maximum absolute atomic E-state index is 13.6. The minimum Gasteiger partial charge on any atom is -0.378 e. The van der Waals surface area contributed by atoms with Crippen molar-refractivity contribution in [2.75, 3.05) is 38.2 Å². The van der Waals surface area contributed by atoms with Crippen LogP contribution in [0.5, 0.6) is 0 Å². The Labute approximate surface area is 218 Å². The molecule has 2 aromatic rings. The molecular formula is C28H36F4N4Si. The van der Waals surface area contributed by atoms with Gasteiger partial charge in [0.05, 0.1) is 42.9 Å². The van der Waals surface area contributed by atoms with Crippen LogP contribution in [0.1, 0.15) is 41.8 Å². The maximum Gasteiger partial charge on any atom is 0.401 e. The van der Waals surface area contributed by atoms with E-state index in [9.17, 15) is 17.6 Å². The second-order valence-corrected chi connectivity index (χ2v) is 16.0. The number of likely N-dealkylation sites (tertiary alicyclic amines) is 1. The quantitative estimate of drug-likeness (QED) is 0.283. The van der Waals surface area contributed by atoms with E-state index in [1.54, 1.807) is 6.20 Å². The van der Waals surface area contributed by atoms with Crippen molar-refractivity contribution in [1.82, 2.24) is 14.8 Å². The standard InChI is InChI=1S/C28H36F4N4Si/c1-20-14-22-15-21(10-13-37(2,3)4)6-8-25(22)27(36(20)19-28(30,31)32)26-9-7-23(16-33-26)34-24-17-35(18-24)12-5-11-29/h6-9,15-16,20,24,27,34H,5,11-12,14,17-19H2,1-4H3/t20-,27+/m1/s1. The molecule has 0 amide bonds. The monoisotopic (exact) mass is 532 g/mol. The molecule has 37 heavy (non-hydrogen) atoms. The van der Waals surface area contributed by atoms with Crippen molar-refractivity contribution in [2.45, 2.75) is 63.7 Å². The lowest BCUT2D eigenvalue weighted by molar-refractivity contribution is -0.155. The highest BCUT2D eigenvalue weighted by Crippen LogP contribution is 2.39. The molecule has 2 aliphatic rings. The molecule has 0 spiro atoms. The number of halogens is 4. The molecule has 4 nitrogen and oxygen atoms in total. The van der Waals surface area contributed by atoms with Crippen LogP contribution in [-0.4, -0.2) is 74.0 Å². The Morgan fingerprint density at radius 2 is 1.89 bits per heavy atom. The van der Waals surface area contributed by atoms with Gasteiger partial charge in [0.1, 0.15) is 8.07 Å². The van der Waals surface area contributed by atoms with Crippen LogP contribution in [-0.2, 0) is 6.42 Å². The number of hydrogen-bond acceptors (Lipinski definition) is 4. The molecule has 1 aromatic carbocycles. The molecule has 3 heterocycles. The smallest absolute Gasteiger partial charge is 0.378 e. The summed E-state index contributed by atoms with van der Waals surface area (Å²) in [6, 6.07) is 8.98. The van der Waals surface area contributed by atoms with E-state index in [0.717, 1.165) is 42.0 Å². The van der Waals surface area contributed by atoms with Crippen molar-refractivity contribution in [3.63, 3.8) is 0 Å². The van der Waals surface area contributed by atoms with Gasteiger partial charge in [0, 0.05) is 31.2 Å². The summed E-state index contributed by atoms with van der Waals surface area (Å²) >= 11 is 0. The highest BCUT2D eigenvalue weighted by Gasteiger charge is 2.41. The van der Waals surface area contributed by atoms with Crippen molar-refractivity contribution in [1.29, 1.82) is 0 Å². The first-order valence-corrected chi connectivity index (χ1v) is 16.4.